The van der Waals surface area contributed by atoms with Crippen molar-refractivity contribution in [3.63, 3.8) is 0 Å². The second-order valence-electron chi connectivity index (χ2n) is 6.04. The van der Waals surface area contributed by atoms with Crippen LogP contribution in [-0.2, 0) is 4.74 Å². The Labute approximate surface area is 139 Å². The van der Waals surface area contributed by atoms with E-state index in [1.54, 1.807) is 13.1 Å². The van der Waals surface area contributed by atoms with E-state index in [0.717, 1.165) is 5.69 Å². The number of hydrogen-bond acceptors (Lipinski definition) is 5. The molecule has 0 radical (unpaired) electrons. The van der Waals surface area contributed by atoms with Gasteiger partial charge in [0.2, 0.25) is 0 Å². The van der Waals surface area contributed by atoms with Crippen LogP contribution in [0.2, 0.25) is 0 Å². The first kappa shape index (κ1) is 15.4. The molecule has 2 N–H and O–H groups in total. The fourth-order valence-electron chi connectivity index (χ4n) is 3.38. The highest BCUT2D eigenvalue weighted by molar-refractivity contribution is 5.78. The molecule has 2 aliphatic heterocycles. The highest BCUT2D eigenvalue weighted by Gasteiger charge is 2.40. The van der Waals surface area contributed by atoms with Crippen molar-refractivity contribution < 1.29 is 19.0 Å². The summed E-state index contributed by atoms with van der Waals surface area (Å²) in [5.41, 5.74) is 1.39. The summed E-state index contributed by atoms with van der Waals surface area (Å²) < 4.78 is 25.4. The van der Waals surface area contributed by atoms with Gasteiger partial charge in [-0.1, -0.05) is 12.1 Å². The van der Waals surface area contributed by atoms with Crippen molar-refractivity contribution in [3.8, 4) is 11.5 Å². The number of nitrogens with one attached hydrogen (secondary N) is 1. The third-order valence-corrected chi connectivity index (χ3v) is 4.62. The largest absolute Gasteiger partial charge is 0.453 e. The lowest BCUT2D eigenvalue weighted by atomic mass is 9.98. The summed E-state index contributed by atoms with van der Waals surface area (Å²) in [4.78, 5) is 1.92. The van der Waals surface area contributed by atoms with Gasteiger partial charge in [0.1, 0.15) is 5.82 Å². The second kappa shape index (κ2) is 6.05. The van der Waals surface area contributed by atoms with Crippen LogP contribution in [0.15, 0.2) is 42.5 Å². The van der Waals surface area contributed by atoms with Crippen LogP contribution in [-0.4, -0.2) is 43.6 Å². The smallest absolute Gasteiger partial charge is 0.151 e. The first-order valence-electron chi connectivity index (χ1n) is 7.98. The molecular weight excluding hydrogens is 311 g/mol. The lowest BCUT2D eigenvalue weighted by Gasteiger charge is -2.44. The van der Waals surface area contributed by atoms with E-state index in [4.69, 9.17) is 9.47 Å². The molecule has 0 amide bonds. The molecule has 0 aromatic heterocycles. The van der Waals surface area contributed by atoms with Crippen molar-refractivity contribution in [2.24, 2.45) is 0 Å². The monoisotopic (exact) mass is 330 g/mol. The average molecular weight is 330 g/mol. The van der Waals surface area contributed by atoms with Crippen molar-refractivity contribution in [1.82, 2.24) is 5.32 Å². The van der Waals surface area contributed by atoms with E-state index < -0.39 is 6.10 Å². The molecule has 2 aromatic carbocycles. The molecule has 0 spiro atoms. The minimum absolute atomic E-state index is 0.184. The summed E-state index contributed by atoms with van der Waals surface area (Å²) in [5, 5.41) is 13.9. The molecular formula is C18H19FN2O3. The first-order valence-corrected chi connectivity index (χ1v) is 7.98. The predicted octanol–water partition coefficient (Wildman–Crippen LogP) is 2.42. The van der Waals surface area contributed by atoms with Gasteiger partial charge >= 0.3 is 0 Å². The van der Waals surface area contributed by atoms with Gasteiger partial charge in [-0.3, -0.25) is 0 Å². The summed E-state index contributed by atoms with van der Waals surface area (Å²) in [7, 11) is 1.79. The number of rotatable bonds is 2. The van der Waals surface area contributed by atoms with E-state index >= 15 is 0 Å². The van der Waals surface area contributed by atoms with Gasteiger partial charge in [0, 0.05) is 6.07 Å². The molecule has 0 aliphatic carbocycles. The van der Waals surface area contributed by atoms with Gasteiger partial charge < -0.3 is 24.8 Å². The lowest BCUT2D eigenvalue weighted by Crippen LogP contribution is -2.59. The molecule has 6 heteroatoms. The molecule has 4 rings (SSSR count). The van der Waals surface area contributed by atoms with Crippen LogP contribution in [0.4, 0.5) is 15.8 Å². The maximum absolute atomic E-state index is 13.9. The fourth-order valence-corrected chi connectivity index (χ4v) is 3.38. The van der Waals surface area contributed by atoms with E-state index in [2.05, 4.69) is 5.32 Å². The van der Waals surface area contributed by atoms with E-state index in [9.17, 15) is 9.50 Å². The number of para-hydroxylation sites is 2. The highest BCUT2D eigenvalue weighted by atomic mass is 19.1. The zero-order chi connectivity index (χ0) is 16.7. The van der Waals surface area contributed by atoms with Crippen LogP contribution in [0.3, 0.4) is 0 Å². The van der Waals surface area contributed by atoms with Gasteiger partial charge in [-0.05, 0) is 31.3 Å². The molecule has 1 fully saturated rings. The van der Waals surface area contributed by atoms with Gasteiger partial charge in [-0.2, -0.15) is 0 Å². The van der Waals surface area contributed by atoms with Crippen molar-refractivity contribution in [2.75, 3.05) is 25.2 Å². The Kier molecular flexibility index (Phi) is 3.88. The van der Waals surface area contributed by atoms with Crippen molar-refractivity contribution in [3.05, 3.63) is 48.3 Å². The molecule has 0 unspecified atom stereocenters. The molecule has 0 bridgehead atoms. The van der Waals surface area contributed by atoms with Gasteiger partial charge in [0.15, 0.2) is 11.5 Å². The van der Waals surface area contributed by atoms with E-state index in [-0.39, 0.29) is 17.9 Å². The van der Waals surface area contributed by atoms with Crippen molar-refractivity contribution in [2.45, 2.75) is 18.2 Å². The summed E-state index contributed by atoms with van der Waals surface area (Å²) >= 11 is 0. The number of halogens is 1. The Morgan fingerprint density at radius 3 is 2.75 bits per heavy atom. The standard InChI is InChI=1S/C18H19FN2O3/c1-20-12-9-23-10-15(18(12)22)21-13-4-2-3-5-16(13)24-17-7-6-11(19)8-14(17)21/h2-8,12,15,18,20,22H,9-10H2,1H3/t12-,15+,18+/m1/s1. The van der Waals surface area contributed by atoms with Crippen molar-refractivity contribution in [1.29, 1.82) is 0 Å². The van der Waals surface area contributed by atoms with Crippen LogP contribution < -0.4 is 15.0 Å². The first-order chi connectivity index (χ1) is 11.7. The molecule has 0 saturated carbocycles. The molecule has 2 aromatic rings. The number of ether oxygens (including phenoxy) is 2. The van der Waals surface area contributed by atoms with Gasteiger partial charge in [-0.15, -0.1) is 0 Å². The Balaban J connectivity index is 1.83. The second-order valence-corrected chi connectivity index (χ2v) is 6.04. The van der Waals surface area contributed by atoms with Crippen LogP contribution >= 0.6 is 0 Å². The fraction of sp³-hybridized carbons (Fsp3) is 0.333. The number of likely N-dealkylation sites (N-methyl/N-ethyl adjacent to an activating group) is 1. The lowest BCUT2D eigenvalue weighted by molar-refractivity contribution is -0.0288. The topological polar surface area (TPSA) is 54.0 Å². The molecule has 2 heterocycles. The summed E-state index contributed by atoms with van der Waals surface area (Å²) in [6.45, 7) is 0.791. The number of nitrogens with zero attached hydrogens (tertiary/aromatic N) is 1. The number of anilines is 2. The maximum Gasteiger partial charge on any atom is 0.151 e. The van der Waals surface area contributed by atoms with Crippen LogP contribution in [0.1, 0.15) is 0 Å². The third kappa shape index (κ3) is 2.43. The summed E-state index contributed by atoms with van der Waals surface area (Å²) in [6.07, 6.45) is -0.661. The summed E-state index contributed by atoms with van der Waals surface area (Å²) in [5.74, 6) is 0.891. The Hall–Kier alpha value is -2.15. The Morgan fingerprint density at radius 2 is 1.92 bits per heavy atom. The molecule has 2 aliphatic rings. The zero-order valence-electron chi connectivity index (χ0n) is 13.3. The molecule has 24 heavy (non-hydrogen) atoms. The van der Waals surface area contributed by atoms with Crippen molar-refractivity contribution >= 4 is 11.4 Å². The quantitative estimate of drug-likeness (QED) is 0.886. The minimum Gasteiger partial charge on any atom is -0.453 e. The number of aliphatic hydroxyl groups is 1. The molecule has 126 valence electrons. The normalized spacial score (nSPS) is 25.6. The molecule has 5 nitrogen and oxygen atoms in total. The van der Waals surface area contributed by atoms with Gasteiger partial charge in [0.05, 0.1) is 42.8 Å². The predicted molar refractivity (Wildman–Crippen MR) is 88.5 cm³/mol. The SMILES string of the molecule is CN[C@@H]1COC[C@H](N2c3ccccc3Oc3ccc(F)cc32)[C@H]1O. The molecule has 3 atom stereocenters. The molecule has 1 saturated heterocycles. The summed E-state index contributed by atoms with van der Waals surface area (Å²) in [6, 6.07) is 11.4. The highest BCUT2D eigenvalue weighted by Crippen LogP contribution is 2.48. The Bertz CT molecular complexity index is 755. The van der Waals surface area contributed by atoms with Crippen LogP contribution in [0, 0.1) is 5.82 Å². The number of fused-ring (bicyclic) bond motifs is 2. The van der Waals surface area contributed by atoms with Crippen LogP contribution in [0.25, 0.3) is 0 Å². The van der Waals surface area contributed by atoms with E-state index in [0.29, 0.717) is 30.4 Å². The van der Waals surface area contributed by atoms with E-state index in [1.165, 1.54) is 12.1 Å². The maximum atomic E-state index is 13.9. The number of benzene rings is 2. The average Bonchev–Trinajstić information content (AvgIpc) is 2.60. The number of aliphatic hydroxyl groups excluding tert-OH is 1. The number of hydrogen-bond donors (Lipinski definition) is 2. The Morgan fingerprint density at radius 1 is 1.12 bits per heavy atom. The van der Waals surface area contributed by atoms with Gasteiger partial charge in [-0.25, -0.2) is 4.39 Å². The van der Waals surface area contributed by atoms with E-state index in [1.807, 2.05) is 29.2 Å². The third-order valence-electron chi connectivity index (χ3n) is 4.62. The van der Waals surface area contributed by atoms with Gasteiger partial charge in [0.25, 0.3) is 0 Å². The zero-order valence-corrected chi connectivity index (χ0v) is 13.3. The minimum atomic E-state index is -0.661. The van der Waals surface area contributed by atoms with Crippen LogP contribution in [0.5, 0.6) is 11.5 Å².